The number of carboxylic acid groups (broad SMARTS) is 1. The number of aromatic carboxylic acids is 1. The molecule has 116 valence electrons. The molecule has 0 bridgehead atoms. The normalized spacial score (nSPS) is 10.5. The monoisotopic (exact) mass is 292 g/mol. The van der Waals surface area contributed by atoms with Gasteiger partial charge in [0.1, 0.15) is 0 Å². The van der Waals surface area contributed by atoms with Gasteiger partial charge in [0.15, 0.2) is 0 Å². The van der Waals surface area contributed by atoms with Crippen molar-refractivity contribution in [2.75, 3.05) is 13.6 Å². The second kappa shape index (κ2) is 8.29. The van der Waals surface area contributed by atoms with E-state index in [1.807, 2.05) is 6.07 Å². The summed E-state index contributed by atoms with van der Waals surface area (Å²) >= 11 is 0. The van der Waals surface area contributed by atoms with Crippen LogP contribution in [0.25, 0.3) is 0 Å². The zero-order chi connectivity index (χ0) is 15.8. The van der Waals surface area contributed by atoms with E-state index in [1.54, 1.807) is 30.1 Å². The van der Waals surface area contributed by atoms with Crippen LogP contribution in [0.2, 0.25) is 0 Å². The largest absolute Gasteiger partial charge is 0.478 e. The van der Waals surface area contributed by atoms with Crippen LogP contribution < -0.4 is 5.32 Å². The maximum Gasteiger partial charge on any atom is 0.335 e. The summed E-state index contributed by atoms with van der Waals surface area (Å²) in [4.78, 5) is 24.6. The highest BCUT2D eigenvalue weighted by Crippen LogP contribution is 2.07. The summed E-state index contributed by atoms with van der Waals surface area (Å²) in [7, 11) is 1.80. The summed E-state index contributed by atoms with van der Waals surface area (Å²) in [6.45, 7) is 4.62. The third-order valence-electron chi connectivity index (χ3n) is 3.67. The van der Waals surface area contributed by atoms with Crippen molar-refractivity contribution in [3.63, 3.8) is 0 Å². The SMILES string of the molecule is CCC(CC)N(C)C(=O)NCCc1cccc(C(=O)O)c1. The van der Waals surface area contributed by atoms with Crippen LogP contribution in [0, 0.1) is 0 Å². The van der Waals surface area contributed by atoms with Gasteiger partial charge >= 0.3 is 12.0 Å². The Kier molecular flexibility index (Phi) is 6.72. The first-order chi connectivity index (χ1) is 9.99. The van der Waals surface area contributed by atoms with E-state index < -0.39 is 5.97 Å². The van der Waals surface area contributed by atoms with E-state index in [2.05, 4.69) is 19.2 Å². The van der Waals surface area contributed by atoms with Crippen molar-refractivity contribution in [1.29, 1.82) is 0 Å². The van der Waals surface area contributed by atoms with Crippen molar-refractivity contribution in [2.24, 2.45) is 0 Å². The van der Waals surface area contributed by atoms with Crippen LogP contribution >= 0.6 is 0 Å². The van der Waals surface area contributed by atoms with Gasteiger partial charge in [0.2, 0.25) is 0 Å². The summed E-state index contributed by atoms with van der Waals surface area (Å²) in [5, 5.41) is 11.8. The van der Waals surface area contributed by atoms with Crippen molar-refractivity contribution in [2.45, 2.75) is 39.2 Å². The van der Waals surface area contributed by atoms with E-state index in [-0.39, 0.29) is 17.6 Å². The van der Waals surface area contributed by atoms with Crippen LogP contribution in [0.1, 0.15) is 42.6 Å². The molecular formula is C16H24N2O3. The van der Waals surface area contributed by atoms with Gasteiger partial charge in [-0.25, -0.2) is 9.59 Å². The highest BCUT2D eigenvalue weighted by molar-refractivity contribution is 5.87. The number of hydrogen-bond acceptors (Lipinski definition) is 2. The van der Waals surface area contributed by atoms with Crippen molar-refractivity contribution >= 4 is 12.0 Å². The number of urea groups is 1. The third-order valence-corrected chi connectivity index (χ3v) is 3.67. The Bertz CT molecular complexity index is 484. The molecule has 0 spiro atoms. The summed E-state index contributed by atoms with van der Waals surface area (Å²) in [5.41, 5.74) is 1.17. The molecule has 0 atom stereocenters. The number of nitrogens with zero attached hydrogens (tertiary/aromatic N) is 1. The van der Waals surface area contributed by atoms with E-state index in [0.717, 1.165) is 18.4 Å². The Morgan fingerprint density at radius 3 is 2.52 bits per heavy atom. The fraction of sp³-hybridized carbons (Fsp3) is 0.500. The first-order valence-corrected chi connectivity index (χ1v) is 7.32. The van der Waals surface area contributed by atoms with E-state index >= 15 is 0 Å². The minimum Gasteiger partial charge on any atom is -0.478 e. The molecule has 0 aliphatic rings. The van der Waals surface area contributed by atoms with Gasteiger partial charge in [-0.2, -0.15) is 0 Å². The number of carbonyl (C=O) groups excluding carboxylic acids is 1. The molecule has 1 rings (SSSR count). The molecule has 0 heterocycles. The summed E-state index contributed by atoms with van der Waals surface area (Å²) in [6.07, 6.45) is 2.48. The number of nitrogens with one attached hydrogen (secondary N) is 1. The topological polar surface area (TPSA) is 69.6 Å². The number of hydrogen-bond donors (Lipinski definition) is 2. The zero-order valence-corrected chi connectivity index (χ0v) is 12.9. The van der Waals surface area contributed by atoms with Crippen LogP contribution in [-0.2, 0) is 6.42 Å². The predicted octanol–water partition coefficient (Wildman–Crippen LogP) is 2.76. The summed E-state index contributed by atoms with van der Waals surface area (Å²) in [6, 6.07) is 6.95. The molecule has 0 saturated heterocycles. The smallest absolute Gasteiger partial charge is 0.335 e. The number of rotatable bonds is 7. The van der Waals surface area contributed by atoms with Crippen LogP contribution in [0.15, 0.2) is 24.3 Å². The fourth-order valence-electron chi connectivity index (χ4n) is 2.30. The van der Waals surface area contributed by atoms with E-state index in [1.165, 1.54) is 0 Å². The van der Waals surface area contributed by atoms with Gasteiger partial charge in [-0.3, -0.25) is 0 Å². The lowest BCUT2D eigenvalue weighted by Gasteiger charge is -2.26. The van der Waals surface area contributed by atoms with Crippen LogP contribution in [0.5, 0.6) is 0 Å². The molecular weight excluding hydrogens is 268 g/mol. The second-order valence-corrected chi connectivity index (χ2v) is 5.07. The first kappa shape index (κ1) is 17.0. The highest BCUT2D eigenvalue weighted by Gasteiger charge is 2.15. The molecule has 0 saturated carbocycles. The lowest BCUT2D eigenvalue weighted by molar-refractivity contribution is 0.0696. The van der Waals surface area contributed by atoms with E-state index in [9.17, 15) is 9.59 Å². The lowest BCUT2D eigenvalue weighted by Crippen LogP contribution is -2.43. The van der Waals surface area contributed by atoms with Crippen molar-refractivity contribution < 1.29 is 14.7 Å². The number of amides is 2. The zero-order valence-electron chi connectivity index (χ0n) is 12.9. The average Bonchev–Trinajstić information content (AvgIpc) is 2.48. The maximum atomic E-state index is 12.0. The van der Waals surface area contributed by atoms with Crippen molar-refractivity contribution in [3.05, 3.63) is 35.4 Å². The van der Waals surface area contributed by atoms with Gasteiger partial charge in [-0.15, -0.1) is 0 Å². The maximum absolute atomic E-state index is 12.0. The van der Waals surface area contributed by atoms with Gasteiger partial charge in [0.25, 0.3) is 0 Å². The van der Waals surface area contributed by atoms with Gasteiger partial charge in [0, 0.05) is 19.6 Å². The Hall–Kier alpha value is -2.04. The standard InChI is InChI=1S/C16H24N2O3/c1-4-14(5-2)18(3)16(21)17-10-9-12-7-6-8-13(11-12)15(19)20/h6-8,11,14H,4-5,9-10H2,1-3H3,(H,17,21)(H,19,20). The van der Waals surface area contributed by atoms with Crippen molar-refractivity contribution in [1.82, 2.24) is 10.2 Å². The van der Waals surface area contributed by atoms with Gasteiger partial charge in [-0.1, -0.05) is 26.0 Å². The Morgan fingerprint density at radius 1 is 1.29 bits per heavy atom. The minimum absolute atomic E-state index is 0.0851. The van der Waals surface area contributed by atoms with Crippen LogP contribution in [-0.4, -0.2) is 41.6 Å². The van der Waals surface area contributed by atoms with Crippen LogP contribution in [0.3, 0.4) is 0 Å². The molecule has 21 heavy (non-hydrogen) atoms. The molecule has 5 heteroatoms. The molecule has 0 fully saturated rings. The number of carboxylic acids is 1. The molecule has 5 nitrogen and oxygen atoms in total. The Morgan fingerprint density at radius 2 is 1.95 bits per heavy atom. The van der Waals surface area contributed by atoms with E-state index in [0.29, 0.717) is 13.0 Å². The molecule has 0 aliphatic heterocycles. The fourth-order valence-corrected chi connectivity index (χ4v) is 2.30. The highest BCUT2D eigenvalue weighted by atomic mass is 16.4. The molecule has 0 aliphatic carbocycles. The van der Waals surface area contributed by atoms with Gasteiger partial charge in [0.05, 0.1) is 5.56 Å². The molecule has 1 aromatic rings. The van der Waals surface area contributed by atoms with Gasteiger partial charge in [-0.05, 0) is 37.0 Å². The number of carbonyl (C=O) groups is 2. The quantitative estimate of drug-likeness (QED) is 0.812. The summed E-state index contributed by atoms with van der Waals surface area (Å²) in [5.74, 6) is -0.936. The molecule has 2 amide bonds. The second-order valence-electron chi connectivity index (χ2n) is 5.07. The number of benzene rings is 1. The van der Waals surface area contributed by atoms with Crippen molar-refractivity contribution in [3.8, 4) is 0 Å². The molecule has 0 radical (unpaired) electrons. The lowest BCUT2D eigenvalue weighted by atomic mass is 10.1. The molecule has 0 unspecified atom stereocenters. The Balaban J connectivity index is 2.48. The minimum atomic E-state index is -0.936. The van der Waals surface area contributed by atoms with E-state index in [4.69, 9.17) is 5.11 Å². The third kappa shape index (κ3) is 5.10. The predicted molar refractivity (Wildman–Crippen MR) is 82.6 cm³/mol. The summed E-state index contributed by atoms with van der Waals surface area (Å²) < 4.78 is 0. The average molecular weight is 292 g/mol. The molecule has 2 N–H and O–H groups in total. The molecule has 1 aromatic carbocycles. The Labute approximate surface area is 126 Å². The molecule has 0 aromatic heterocycles. The first-order valence-electron chi connectivity index (χ1n) is 7.32. The van der Waals surface area contributed by atoms with Gasteiger partial charge < -0.3 is 15.3 Å². The van der Waals surface area contributed by atoms with Crippen LogP contribution in [0.4, 0.5) is 4.79 Å².